The summed E-state index contributed by atoms with van der Waals surface area (Å²) in [5.74, 6) is 1.92. The van der Waals surface area contributed by atoms with Gasteiger partial charge in [-0.2, -0.15) is 0 Å². The number of ether oxygens (including phenoxy) is 2. The molecule has 0 saturated heterocycles. The van der Waals surface area contributed by atoms with Gasteiger partial charge in [0.1, 0.15) is 17.3 Å². The molecule has 0 saturated carbocycles. The highest BCUT2D eigenvalue weighted by atomic mass is 16.5. The van der Waals surface area contributed by atoms with Gasteiger partial charge in [0, 0.05) is 5.56 Å². The zero-order valence-corrected chi connectivity index (χ0v) is 15.2. The van der Waals surface area contributed by atoms with E-state index in [1.807, 2.05) is 31.2 Å². The van der Waals surface area contributed by atoms with Crippen molar-refractivity contribution in [3.05, 3.63) is 72.4 Å². The van der Waals surface area contributed by atoms with Crippen LogP contribution in [0.3, 0.4) is 0 Å². The first kappa shape index (κ1) is 18.3. The largest absolute Gasteiger partial charge is 0.497 e. The number of aromatic nitrogens is 1. The topological polar surface area (TPSA) is 72.5 Å². The fourth-order valence-corrected chi connectivity index (χ4v) is 2.48. The number of methoxy groups -OCH3 is 1. The van der Waals surface area contributed by atoms with E-state index < -0.39 is 0 Å². The van der Waals surface area contributed by atoms with Crippen molar-refractivity contribution >= 4 is 23.1 Å². The Bertz CT molecular complexity index is 893. The van der Waals surface area contributed by atoms with Crippen LogP contribution >= 0.6 is 0 Å². The molecule has 0 aliphatic rings. The van der Waals surface area contributed by atoms with Gasteiger partial charge in [-0.1, -0.05) is 12.1 Å². The van der Waals surface area contributed by atoms with E-state index >= 15 is 0 Å². The molecule has 1 heterocycles. The highest BCUT2D eigenvalue weighted by Gasteiger charge is 2.07. The second-order valence-electron chi connectivity index (χ2n) is 5.67. The van der Waals surface area contributed by atoms with Crippen LogP contribution in [0.5, 0.6) is 11.5 Å². The summed E-state index contributed by atoms with van der Waals surface area (Å²) in [6.07, 6.45) is 1.60. The Labute approximate surface area is 158 Å². The van der Waals surface area contributed by atoms with E-state index in [1.165, 1.54) is 0 Å². The number of hydrogen-bond donors (Lipinski definition) is 2. The highest BCUT2D eigenvalue weighted by molar-refractivity contribution is 6.04. The summed E-state index contributed by atoms with van der Waals surface area (Å²) in [5.41, 5.74) is 1.99. The van der Waals surface area contributed by atoms with Crippen molar-refractivity contribution in [2.24, 2.45) is 0 Å². The molecule has 0 unspecified atom stereocenters. The molecule has 6 nitrogen and oxygen atoms in total. The average molecular weight is 363 g/mol. The maximum atomic E-state index is 12.3. The third kappa shape index (κ3) is 4.76. The molecule has 3 aromatic rings. The number of hydrogen-bond acceptors (Lipinski definition) is 5. The van der Waals surface area contributed by atoms with Gasteiger partial charge in [0.15, 0.2) is 0 Å². The minimum Gasteiger partial charge on any atom is -0.497 e. The molecule has 0 bridgehead atoms. The molecular formula is C21H21N3O3. The molecule has 1 aromatic heterocycles. The lowest BCUT2D eigenvalue weighted by atomic mass is 10.2. The molecule has 2 aromatic carbocycles. The van der Waals surface area contributed by atoms with Gasteiger partial charge >= 0.3 is 0 Å². The third-order valence-electron chi connectivity index (χ3n) is 3.82. The van der Waals surface area contributed by atoms with Gasteiger partial charge in [-0.3, -0.25) is 4.79 Å². The molecule has 0 spiro atoms. The standard InChI is InChI=1S/C21H21N3O3/c1-3-27-19-7-5-4-6-18(19)24-20-13-10-16(14-22-20)23-21(25)15-8-11-17(26-2)12-9-15/h4-14H,3H2,1-2H3,(H,22,24)(H,23,25). The van der Waals surface area contributed by atoms with Gasteiger partial charge < -0.3 is 20.1 Å². The first-order chi connectivity index (χ1) is 13.2. The van der Waals surface area contributed by atoms with Crippen LogP contribution in [0.15, 0.2) is 66.9 Å². The lowest BCUT2D eigenvalue weighted by molar-refractivity contribution is 0.102. The van der Waals surface area contributed by atoms with Crippen molar-refractivity contribution in [2.75, 3.05) is 24.4 Å². The predicted molar refractivity (Wildman–Crippen MR) is 106 cm³/mol. The van der Waals surface area contributed by atoms with Crippen molar-refractivity contribution in [3.8, 4) is 11.5 Å². The molecule has 0 atom stereocenters. The van der Waals surface area contributed by atoms with Gasteiger partial charge in [-0.25, -0.2) is 4.98 Å². The third-order valence-corrected chi connectivity index (χ3v) is 3.82. The van der Waals surface area contributed by atoms with Gasteiger partial charge in [-0.05, 0) is 55.5 Å². The molecule has 0 aliphatic carbocycles. The fraction of sp³-hybridized carbons (Fsp3) is 0.143. The van der Waals surface area contributed by atoms with E-state index in [-0.39, 0.29) is 5.91 Å². The molecule has 1 amide bonds. The summed E-state index contributed by atoms with van der Waals surface area (Å²) in [6.45, 7) is 2.53. The number of rotatable bonds is 7. The molecule has 3 rings (SSSR count). The highest BCUT2D eigenvalue weighted by Crippen LogP contribution is 2.27. The molecule has 27 heavy (non-hydrogen) atoms. The monoisotopic (exact) mass is 363 g/mol. The minimum absolute atomic E-state index is 0.207. The second-order valence-corrected chi connectivity index (χ2v) is 5.67. The molecule has 0 radical (unpaired) electrons. The Morgan fingerprint density at radius 3 is 2.48 bits per heavy atom. The van der Waals surface area contributed by atoms with Gasteiger partial charge in [0.25, 0.3) is 5.91 Å². The Balaban J connectivity index is 1.65. The van der Waals surface area contributed by atoms with Crippen molar-refractivity contribution < 1.29 is 14.3 Å². The number of nitrogens with one attached hydrogen (secondary N) is 2. The normalized spacial score (nSPS) is 10.1. The van der Waals surface area contributed by atoms with Crippen molar-refractivity contribution in [1.82, 2.24) is 4.98 Å². The van der Waals surface area contributed by atoms with E-state index in [9.17, 15) is 4.79 Å². The van der Waals surface area contributed by atoms with E-state index in [0.29, 0.717) is 29.4 Å². The molecule has 2 N–H and O–H groups in total. The number of benzene rings is 2. The Hall–Kier alpha value is -3.54. The van der Waals surface area contributed by atoms with Gasteiger partial charge in [0.2, 0.25) is 0 Å². The van der Waals surface area contributed by atoms with E-state index in [1.54, 1.807) is 49.7 Å². The summed E-state index contributed by atoms with van der Waals surface area (Å²) >= 11 is 0. The molecule has 6 heteroatoms. The van der Waals surface area contributed by atoms with Crippen LogP contribution in [0.4, 0.5) is 17.2 Å². The van der Waals surface area contributed by atoms with Crippen LogP contribution in [0.2, 0.25) is 0 Å². The summed E-state index contributed by atoms with van der Waals surface area (Å²) in [5, 5.41) is 6.04. The first-order valence-corrected chi connectivity index (χ1v) is 8.60. The maximum Gasteiger partial charge on any atom is 0.255 e. The Kier molecular flexibility index (Phi) is 5.89. The molecule has 0 fully saturated rings. The lowest BCUT2D eigenvalue weighted by Crippen LogP contribution is -2.12. The average Bonchev–Trinajstić information content (AvgIpc) is 2.71. The smallest absolute Gasteiger partial charge is 0.255 e. The SMILES string of the molecule is CCOc1ccccc1Nc1ccc(NC(=O)c2ccc(OC)cc2)cn1. The number of pyridine rings is 1. The zero-order chi connectivity index (χ0) is 19.1. The summed E-state index contributed by atoms with van der Waals surface area (Å²) < 4.78 is 10.7. The van der Waals surface area contributed by atoms with E-state index in [0.717, 1.165) is 11.4 Å². The van der Waals surface area contributed by atoms with Crippen LogP contribution < -0.4 is 20.1 Å². The summed E-state index contributed by atoms with van der Waals surface area (Å²) in [4.78, 5) is 16.6. The van der Waals surface area contributed by atoms with Crippen LogP contribution in [0.25, 0.3) is 0 Å². The fourth-order valence-electron chi connectivity index (χ4n) is 2.48. The van der Waals surface area contributed by atoms with Gasteiger partial charge in [0.05, 0.1) is 31.3 Å². The van der Waals surface area contributed by atoms with Crippen LogP contribution in [-0.2, 0) is 0 Å². The molecule has 138 valence electrons. The maximum absolute atomic E-state index is 12.3. The number of carbonyl (C=O) groups excluding carboxylic acids is 1. The minimum atomic E-state index is -0.207. The predicted octanol–water partition coefficient (Wildman–Crippen LogP) is 4.48. The quantitative estimate of drug-likeness (QED) is 0.647. The van der Waals surface area contributed by atoms with Crippen LogP contribution in [0, 0.1) is 0 Å². The van der Waals surface area contributed by atoms with E-state index in [2.05, 4.69) is 15.6 Å². The molecule has 0 aliphatic heterocycles. The Morgan fingerprint density at radius 2 is 1.81 bits per heavy atom. The van der Waals surface area contributed by atoms with Crippen molar-refractivity contribution in [2.45, 2.75) is 6.92 Å². The lowest BCUT2D eigenvalue weighted by Gasteiger charge is -2.12. The van der Waals surface area contributed by atoms with Crippen LogP contribution in [-0.4, -0.2) is 24.6 Å². The number of amides is 1. The number of para-hydroxylation sites is 2. The van der Waals surface area contributed by atoms with Gasteiger partial charge in [-0.15, -0.1) is 0 Å². The number of anilines is 3. The summed E-state index contributed by atoms with van der Waals surface area (Å²) in [6, 6.07) is 18.2. The zero-order valence-electron chi connectivity index (χ0n) is 15.2. The van der Waals surface area contributed by atoms with Crippen LogP contribution in [0.1, 0.15) is 17.3 Å². The van der Waals surface area contributed by atoms with Crippen molar-refractivity contribution in [3.63, 3.8) is 0 Å². The van der Waals surface area contributed by atoms with E-state index in [4.69, 9.17) is 9.47 Å². The second kappa shape index (κ2) is 8.71. The number of carbonyl (C=O) groups is 1. The summed E-state index contributed by atoms with van der Waals surface area (Å²) in [7, 11) is 1.59. The van der Waals surface area contributed by atoms with Crippen molar-refractivity contribution in [1.29, 1.82) is 0 Å². The molecular weight excluding hydrogens is 342 g/mol. The number of nitrogens with zero attached hydrogens (tertiary/aromatic N) is 1. The first-order valence-electron chi connectivity index (χ1n) is 8.60. The Morgan fingerprint density at radius 1 is 1.04 bits per heavy atom.